The number of aryl methyl sites for hydroxylation is 1. The van der Waals surface area contributed by atoms with Crippen molar-refractivity contribution in [2.24, 2.45) is 7.05 Å². The van der Waals surface area contributed by atoms with Crippen molar-refractivity contribution in [1.82, 2.24) is 14.9 Å². The molecule has 0 saturated carbocycles. The first-order chi connectivity index (χ1) is 14.6. The van der Waals surface area contributed by atoms with E-state index in [0.29, 0.717) is 18.7 Å². The maximum Gasteiger partial charge on any atom is 0.412 e. The van der Waals surface area contributed by atoms with Crippen LogP contribution in [-0.4, -0.2) is 28.1 Å². The second-order valence-electron chi connectivity index (χ2n) is 7.20. The fourth-order valence-corrected chi connectivity index (χ4v) is 3.19. The molecule has 158 valence electrons. The van der Waals surface area contributed by atoms with Crippen LogP contribution < -0.4 is 10.6 Å². The molecule has 7 heteroatoms. The van der Waals surface area contributed by atoms with Crippen LogP contribution in [0.3, 0.4) is 0 Å². The Kier molecular flexibility index (Phi) is 7.43. The molecule has 0 atom stereocenters. The summed E-state index contributed by atoms with van der Waals surface area (Å²) in [7, 11) is 2.01. The first-order valence-electron chi connectivity index (χ1n) is 10.4. The minimum atomic E-state index is -0.583. The van der Waals surface area contributed by atoms with Gasteiger partial charge in [-0.3, -0.25) is 10.7 Å². The monoisotopic (exact) mass is 407 g/mol. The summed E-state index contributed by atoms with van der Waals surface area (Å²) in [5.41, 5.74) is 3.61. The normalized spacial score (nSPS) is 10.7. The molecular weight excluding hydrogens is 378 g/mol. The van der Waals surface area contributed by atoms with E-state index in [2.05, 4.69) is 33.2 Å². The van der Waals surface area contributed by atoms with E-state index in [1.807, 2.05) is 37.4 Å². The number of nitrogens with one attached hydrogen (secondary N) is 3. The van der Waals surface area contributed by atoms with E-state index in [-0.39, 0.29) is 5.84 Å². The second kappa shape index (κ2) is 10.4. The number of amidine groups is 1. The van der Waals surface area contributed by atoms with E-state index in [1.165, 1.54) is 0 Å². The van der Waals surface area contributed by atoms with Gasteiger partial charge < -0.3 is 14.6 Å². The Bertz CT molecular complexity index is 995. The summed E-state index contributed by atoms with van der Waals surface area (Å²) < 4.78 is 7.19. The number of hydrogen-bond acceptors (Lipinski definition) is 5. The lowest BCUT2D eigenvalue weighted by Gasteiger charge is -2.10. The lowest BCUT2D eigenvalue weighted by Crippen LogP contribution is -2.31. The van der Waals surface area contributed by atoms with Gasteiger partial charge in [-0.2, -0.15) is 0 Å². The third kappa shape index (κ3) is 5.59. The zero-order valence-electron chi connectivity index (χ0n) is 17.6. The number of carbonyl (C=O) groups is 1. The summed E-state index contributed by atoms with van der Waals surface area (Å²) in [6.45, 7) is 3.10. The smallest absolute Gasteiger partial charge is 0.412 e. The largest absolute Gasteiger partial charge is 0.449 e. The fourth-order valence-electron chi connectivity index (χ4n) is 3.19. The van der Waals surface area contributed by atoms with Gasteiger partial charge in [0.1, 0.15) is 11.7 Å². The molecule has 0 aliphatic heterocycles. The Balaban J connectivity index is 1.48. The van der Waals surface area contributed by atoms with Crippen molar-refractivity contribution in [3.05, 3.63) is 59.9 Å². The Morgan fingerprint density at radius 3 is 2.60 bits per heavy atom. The number of fused-ring (bicyclic) bond motifs is 1. The molecule has 1 aromatic heterocycles. The van der Waals surface area contributed by atoms with Crippen LogP contribution >= 0.6 is 0 Å². The number of para-hydroxylation sites is 2. The first kappa shape index (κ1) is 21.4. The van der Waals surface area contributed by atoms with Crippen LogP contribution in [0.2, 0.25) is 0 Å². The molecule has 0 aliphatic carbocycles. The number of alkyl carbamates (subject to hydrolysis) is 1. The molecule has 3 aromatic rings. The number of imidazole rings is 1. The van der Waals surface area contributed by atoms with Gasteiger partial charge in [-0.1, -0.05) is 38.3 Å². The van der Waals surface area contributed by atoms with Gasteiger partial charge in [-0.25, -0.2) is 9.78 Å². The molecule has 0 aliphatic rings. The Hall–Kier alpha value is -3.35. The van der Waals surface area contributed by atoms with Gasteiger partial charge in [0, 0.05) is 18.3 Å². The highest BCUT2D eigenvalue weighted by molar-refractivity contribution is 6.04. The van der Waals surface area contributed by atoms with Crippen molar-refractivity contribution in [3.8, 4) is 0 Å². The predicted molar refractivity (Wildman–Crippen MR) is 120 cm³/mol. The number of rotatable bonds is 9. The van der Waals surface area contributed by atoms with Gasteiger partial charge in [0.15, 0.2) is 0 Å². The summed E-state index contributed by atoms with van der Waals surface area (Å²) in [5.74, 6) is 0.965. The third-order valence-corrected chi connectivity index (χ3v) is 4.96. The van der Waals surface area contributed by atoms with Crippen molar-refractivity contribution in [2.45, 2.75) is 39.2 Å². The van der Waals surface area contributed by atoms with E-state index < -0.39 is 6.09 Å². The summed E-state index contributed by atoms with van der Waals surface area (Å²) in [5, 5.41) is 13.9. The molecule has 30 heavy (non-hydrogen) atoms. The highest BCUT2D eigenvalue weighted by Gasteiger charge is 2.09. The maximum atomic E-state index is 11.8. The number of unbranched alkanes of at least 4 members (excludes halogenated alkanes) is 3. The average molecular weight is 408 g/mol. The molecule has 0 saturated heterocycles. The quantitative estimate of drug-likeness (QED) is 0.269. The Morgan fingerprint density at radius 2 is 1.87 bits per heavy atom. The molecule has 0 bridgehead atoms. The van der Waals surface area contributed by atoms with E-state index >= 15 is 0 Å². The number of benzene rings is 2. The molecule has 7 nitrogen and oxygen atoms in total. The molecule has 0 radical (unpaired) electrons. The van der Waals surface area contributed by atoms with Crippen LogP contribution in [0.5, 0.6) is 0 Å². The summed E-state index contributed by atoms with van der Waals surface area (Å²) in [6, 6.07) is 15.4. The Labute approximate surface area is 177 Å². The number of anilines is 1. The molecule has 2 aromatic carbocycles. The molecule has 0 unspecified atom stereocenters. The maximum absolute atomic E-state index is 11.8. The number of ether oxygens (including phenoxy) is 1. The standard InChI is InChI=1S/C23H29N5O2/c1-3-4-5-8-15-30-23(29)27-22(24)17-11-13-18(14-12-17)25-16-21-26-19-9-6-7-10-20(19)28(21)2/h6-7,9-14,25H,3-5,8,15-16H2,1-2H3,(H2,24,27,29). The van der Waals surface area contributed by atoms with Gasteiger partial charge in [0.2, 0.25) is 0 Å². The summed E-state index contributed by atoms with van der Waals surface area (Å²) >= 11 is 0. The van der Waals surface area contributed by atoms with Gasteiger partial charge in [-0.05, 0) is 42.8 Å². The minimum Gasteiger partial charge on any atom is -0.449 e. The molecule has 3 N–H and O–H groups in total. The first-order valence-corrected chi connectivity index (χ1v) is 10.4. The van der Waals surface area contributed by atoms with Gasteiger partial charge >= 0.3 is 6.09 Å². The number of nitrogens with zero attached hydrogens (tertiary/aromatic N) is 2. The van der Waals surface area contributed by atoms with E-state index in [0.717, 1.165) is 48.2 Å². The number of carbonyl (C=O) groups excluding carboxylic acids is 1. The van der Waals surface area contributed by atoms with Crippen molar-refractivity contribution >= 4 is 28.6 Å². The molecule has 0 fully saturated rings. The van der Waals surface area contributed by atoms with Gasteiger partial charge in [0.25, 0.3) is 0 Å². The van der Waals surface area contributed by atoms with Gasteiger partial charge in [-0.15, -0.1) is 0 Å². The van der Waals surface area contributed by atoms with E-state index in [1.54, 1.807) is 12.1 Å². The topological polar surface area (TPSA) is 92.0 Å². The number of hydrogen-bond donors (Lipinski definition) is 3. The molecular formula is C23H29N5O2. The Morgan fingerprint density at radius 1 is 1.10 bits per heavy atom. The zero-order chi connectivity index (χ0) is 21.3. The lowest BCUT2D eigenvalue weighted by atomic mass is 10.2. The van der Waals surface area contributed by atoms with E-state index in [4.69, 9.17) is 10.1 Å². The molecule has 1 amide bonds. The number of aromatic nitrogens is 2. The van der Waals surface area contributed by atoms with Crippen LogP contribution in [0, 0.1) is 5.41 Å². The minimum absolute atomic E-state index is 0.0236. The SMILES string of the molecule is CCCCCCOC(=O)NC(=N)c1ccc(NCc2nc3ccccc3n2C)cc1. The van der Waals surface area contributed by atoms with Crippen LogP contribution in [0.1, 0.15) is 44.0 Å². The van der Waals surface area contributed by atoms with Crippen molar-refractivity contribution in [3.63, 3.8) is 0 Å². The fraction of sp³-hybridized carbons (Fsp3) is 0.348. The highest BCUT2D eigenvalue weighted by Crippen LogP contribution is 2.16. The lowest BCUT2D eigenvalue weighted by molar-refractivity contribution is 0.149. The molecule has 1 heterocycles. The molecule has 0 spiro atoms. The average Bonchev–Trinajstić information content (AvgIpc) is 3.08. The van der Waals surface area contributed by atoms with Crippen molar-refractivity contribution < 1.29 is 9.53 Å². The van der Waals surface area contributed by atoms with Crippen LogP contribution in [-0.2, 0) is 18.3 Å². The predicted octanol–water partition coefficient (Wildman–Crippen LogP) is 4.82. The number of amides is 1. The summed E-state index contributed by atoms with van der Waals surface area (Å²) in [4.78, 5) is 16.4. The third-order valence-electron chi connectivity index (χ3n) is 4.96. The van der Waals surface area contributed by atoms with Crippen molar-refractivity contribution in [2.75, 3.05) is 11.9 Å². The van der Waals surface area contributed by atoms with E-state index in [9.17, 15) is 4.79 Å². The van der Waals surface area contributed by atoms with Crippen molar-refractivity contribution in [1.29, 1.82) is 5.41 Å². The second-order valence-corrected chi connectivity index (χ2v) is 7.20. The van der Waals surface area contributed by atoms with Crippen LogP contribution in [0.4, 0.5) is 10.5 Å². The summed E-state index contributed by atoms with van der Waals surface area (Å²) in [6.07, 6.45) is 3.59. The highest BCUT2D eigenvalue weighted by atomic mass is 16.5. The van der Waals surface area contributed by atoms with Gasteiger partial charge in [0.05, 0.1) is 24.2 Å². The van der Waals surface area contributed by atoms with Crippen LogP contribution in [0.25, 0.3) is 11.0 Å². The van der Waals surface area contributed by atoms with Crippen LogP contribution in [0.15, 0.2) is 48.5 Å². The zero-order valence-corrected chi connectivity index (χ0v) is 17.6. The molecule has 3 rings (SSSR count).